The third-order valence-electron chi connectivity index (χ3n) is 1.79. The summed E-state index contributed by atoms with van der Waals surface area (Å²) in [5.74, 6) is 2.57. The Morgan fingerprint density at radius 3 is 2.85 bits per heavy atom. The molecule has 0 amide bonds. The third kappa shape index (κ3) is 2.55. The molecule has 0 aliphatic carbocycles. The van der Waals surface area contributed by atoms with E-state index in [9.17, 15) is 0 Å². The fourth-order valence-corrected chi connectivity index (χ4v) is 1.83. The van der Waals surface area contributed by atoms with Gasteiger partial charge in [-0.25, -0.2) is 4.98 Å². The highest BCUT2D eigenvalue weighted by Crippen LogP contribution is 2.24. The lowest BCUT2D eigenvalue weighted by molar-refractivity contribution is 0.426. The van der Waals surface area contributed by atoms with Crippen molar-refractivity contribution in [1.82, 2.24) is 10.3 Å². The molecule has 0 aromatic carbocycles. The fraction of sp³-hybridized carbons (Fsp3) is 0.500. The number of nitrogens with one attached hydrogen (secondary N) is 1. The molecular weight excluding hydrogens is 180 g/mol. The van der Waals surface area contributed by atoms with E-state index in [1.54, 1.807) is 11.3 Å². The van der Waals surface area contributed by atoms with Gasteiger partial charge in [0.1, 0.15) is 5.01 Å². The summed E-state index contributed by atoms with van der Waals surface area (Å²) < 4.78 is 0. The Hall–Kier alpha value is -0.850. The van der Waals surface area contributed by atoms with E-state index in [2.05, 4.69) is 37.0 Å². The lowest BCUT2D eigenvalue weighted by atomic mass is 10.1. The van der Waals surface area contributed by atoms with Gasteiger partial charge in [0.25, 0.3) is 0 Å². The molecule has 0 aliphatic heterocycles. The minimum absolute atomic E-state index is 0.120. The van der Waals surface area contributed by atoms with Crippen LogP contribution in [0.2, 0.25) is 0 Å². The van der Waals surface area contributed by atoms with Crippen LogP contribution in [0.4, 0.5) is 0 Å². The molecule has 0 aliphatic rings. The molecule has 1 rings (SSSR count). The number of aromatic nitrogens is 1. The van der Waals surface area contributed by atoms with Gasteiger partial charge in [-0.05, 0) is 20.8 Å². The van der Waals surface area contributed by atoms with E-state index in [0.717, 1.165) is 5.01 Å². The van der Waals surface area contributed by atoms with Gasteiger partial charge in [0.2, 0.25) is 0 Å². The Bertz CT molecular complexity index is 320. The molecule has 0 saturated carbocycles. The van der Waals surface area contributed by atoms with Crippen molar-refractivity contribution in [1.29, 1.82) is 0 Å². The van der Waals surface area contributed by atoms with Gasteiger partial charge >= 0.3 is 0 Å². The van der Waals surface area contributed by atoms with E-state index >= 15 is 0 Å². The van der Waals surface area contributed by atoms with Gasteiger partial charge in [-0.15, -0.1) is 17.8 Å². The van der Waals surface area contributed by atoms with Crippen LogP contribution in [0.25, 0.3) is 0 Å². The summed E-state index contributed by atoms with van der Waals surface area (Å²) >= 11 is 1.70. The highest BCUT2D eigenvalue weighted by molar-refractivity contribution is 7.11. The zero-order chi connectivity index (χ0) is 9.90. The molecule has 0 spiro atoms. The van der Waals surface area contributed by atoms with E-state index in [1.807, 2.05) is 6.20 Å². The number of hydrogen-bond acceptors (Lipinski definition) is 3. The van der Waals surface area contributed by atoms with Crippen molar-refractivity contribution in [2.24, 2.45) is 0 Å². The van der Waals surface area contributed by atoms with Crippen LogP contribution in [-0.4, -0.2) is 11.5 Å². The number of hydrogen-bond donors (Lipinski definition) is 1. The molecule has 0 saturated heterocycles. The lowest BCUT2D eigenvalue weighted by Gasteiger charge is -2.22. The van der Waals surface area contributed by atoms with E-state index in [-0.39, 0.29) is 5.54 Å². The molecule has 70 valence electrons. The minimum atomic E-state index is -0.120. The molecule has 0 unspecified atom stereocenters. The van der Waals surface area contributed by atoms with Crippen LogP contribution in [0, 0.1) is 19.3 Å². The fourth-order valence-electron chi connectivity index (χ4n) is 0.991. The van der Waals surface area contributed by atoms with Crippen molar-refractivity contribution < 1.29 is 0 Å². The average Bonchev–Trinajstić information content (AvgIpc) is 2.49. The molecule has 0 radical (unpaired) electrons. The summed E-state index contributed by atoms with van der Waals surface area (Å²) in [6, 6.07) is 0. The molecule has 2 nitrogen and oxygen atoms in total. The van der Waals surface area contributed by atoms with Gasteiger partial charge in [-0.2, -0.15) is 0 Å². The average molecular weight is 194 g/mol. The third-order valence-corrected chi connectivity index (χ3v) is 3.02. The SMILES string of the molecule is C#CCNC(C)(C)c1ncc(C)s1. The van der Waals surface area contributed by atoms with Crippen LogP contribution >= 0.6 is 11.3 Å². The number of thiazole rings is 1. The van der Waals surface area contributed by atoms with Crippen molar-refractivity contribution >= 4 is 11.3 Å². The predicted octanol–water partition coefficient (Wildman–Crippen LogP) is 1.91. The van der Waals surface area contributed by atoms with E-state index in [1.165, 1.54) is 4.88 Å². The molecule has 0 fully saturated rings. The first kappa shape index (κ1) is 10.2. The maximum Gasteiger partial charge on any atom is 0.112 e. The van der Waals surface area contributed by atoms with Gasteiger partial charge in [0.05, 0.1) is 12.1 Å². The zero-order valence-electron chi connectivity index (χ0n) is 8.22. The molecule has 1 aromatic rings. The summed E-state index contributed by atoms with van der Waals surface area (Å²) in [6.45, 7) is 6.80. The first-order chi connectivity index (χ1) is 6.06. The predicted molar refractivity (Wildman–Crippen MR) is 56.7 cm³/mol. The van der Waals surface area contributed by atoms with Gasteiger partial charge < -0.3 is 0 Å². The molecule has 0 bridgehead atoms. The first-order valence-corrected chi connectivity index (χ1v) is 4.99. The Labute approximate surface area is 83.4 Å². The van der Waals surface area contributed by atoms with Crippen LogP contribution in [0.3, 0.4) is 0 Å². The molecule has 1 heterocycles. The maximum absolute atomic E-state index is 5.19. The van der Waals surface area contributed by atoms with E-state index < -0.39 is 0 Å². The van der Waals surface area contributed by atoms with Crippen molar-refractivity contribution in [2.75, 3.05) is 6.54 Å². The number of nitrogens with zero attached hydrogens (tertiary/aromatic N) is 1. The second-order valence-electron chi connectivity index (χ2n) is 3.46. The number of terminal acetylenes is 1. The Morgan fingerprint density at radius 1 is 1.69 bits per heavy atom. The lowest BCUT2D eigenvalue weighted by Crippen LogP contribution is -2.36. The molecule has 1 aromatic heterocycles. The summed E-state index contributed by atoms with van der Waals surface area (Å²) in [5, 5.41) is 4.33. The van der Waals surface area contributed by atoms with Crippen LogP contribution in [0.5, 0.6) is 0 Å². The van der Waals surface area contributed by atoms with Crippen LogP contribution in [-0.2, 0) is 5.54 Å². The van der Waals surface area contributed by atoms with Gasteiger partial charge in [-0.1, -0.05) is 5.92 Å². The second-order valence-corrected chi connectivity index (χ2v) is 4.69. The van der Waals surface area contributed by atoms with E-state index in [4.69, 9.17) is 6.42 Å². The van der Waals surface area contributed by atoms with Crippen LogP contribution in [0.1, 0.15) is 23.7 Å². The van der Waals surface area contributed by atoms with Crippen molar-refractivity contribution in [3.63, 3.8) is 0 Å². The smallest absolute Gasteiger partial charge is 0.112 e. The Balaban J connectivity index is 2.75. The quantitative estimate of drug-likeness (QED) is 0.743. The number of rotatable bonds is 3. The van der Waals surface area contributed by atoms with Crippen molar-refractivity contribution in [3.05, 3.63) is 16.1 Å². The maximum atomic E-state index is 5.19. The monoisotopic (exact) mass is 194 g/mol. The molecular formula is C10H14N2S. The first-order valence-electron chi connectivity index (χ1n) is 4.17. The van der Waals surface area contributed by atoms with Crippen LogP contribution in [0.15, 0.2) is 6.20 Å². The van der Waals surface area contributed by atoms with Crippen molar-refractivity contribution in [3.8, 4) is 12.3 Å². The largest absolute Gasteiger partial charge is 0.295 e. The Morgan fingerprint density at radius 2 is 2.38 bits per heavy atom. The molecule has 0 atom stereocenters. The highest BCUT2D eigenvalue weighted by atomic mass is 32.1. The summed E-state index contributed by atoms with van der Waals surface area (Å²) in [6.07, 6.45) is 7.08. The zero-order valence-corrected chi connectivity index (χ0v) is 9.03. The topological polar surface area (TPSA) is 24.9 Å². The normalized spacial score (nSPS) is 11.2. The summed E-state index contributed by atoms with van der Waals surface area (Å²) in [5.41, 5.74) is -0.120. The Kier molecular flexibility index (Phi) is 3.07. The second kappa shape index (κ2) is 3.91. The highest BCUT2D eigenvalue weighted by Gasteiger charge is 2.22. The number of aryl methyl sites for hydroxylation is 1. The summed E-state index contributed by atoms with van der Waals surface area (Å²) in [4.78, 5) is 5.56. The van der Waals surface area contributed by atoms with Gasteiger partial charge in [0, 0.05) is 11.1 Å². The molecule has 3 heteroatoms. The van der Waals surface area contributed by atoms with Gasteiger partial charge in [0.15, 0.2) is 0 Å². The van der Waals surface area contributed by atoms with E-state index in [0.29, 0.717) is 6.54 Å². The van der Waals surface area contributed by atoms with Crippen molar-refractivity contribution in [2.45, 2.75) is 26.3 Å². The van der Waals surface area contributed by atoms with Gasteiger partial charge in [-0.3, -0.25) is 5.32 Å². The van der Waals surface area contributed by atoms with Crippen LogP contribution < -0.4 is 5.32 Å². The summed E-state index contributed by atoms with van der Waals surface area (Å²) in [7, 11) is 0. The molecule has 13 heavy (non-hydrogen) atoms. The molecule has 1 N–H and O–H groups in total. The standard InChI is InChI=1S/C10H14N2S/c1-5-6-12-10(3,4)9-11-7-8(2)13-9/h1,7,12H,6H2,2-4H3. The minimum Gasteiger partial charge on any atom is -0.295 e.